The molecule has 1 aromatic rings. The fraction of sp³-hybridized carbons (Fsp3) is 0. The summed E-state index contributed by atoms with van der Waals surface area (Å²) in [5, 5.41) is 1.01. The number of hydrogen-bond donors (Lipinski definition) is 0. The normalized spacial score (nSPS) is 12.2. The molecule has 0 unspecified atom stereocenters. The second-order valence-corrected chi connectivity index (χ2v) is 3.02. The van der Waals surface area contributed by atoms with E-state index in [1.54, 1.807) is 0 Å². The summed E-state index contributed by atoms with van der Waals surface area (Å²) in [5.74, 6) is 0. The lowest BCUT2D eigenvalue weighted by molar-refractivity contribution is 1.64. The van der Waals surface area contributed by atoms with Gasteiger partial charge in [-0.15, -0.1) is 0 Å². The van der Waals surface area contributed by atoms with E-state index in [4.69, 9.17) is 23.2 Å². The van der Waals surface area contributed by atoms with Crippen LogP contribution in [0.2, 0.25) is 0 Å². The van der Waals surface area contributed by atoms with Gasteiger partial charge in [-0.2, -0.15) is 0 Å². The third-order valence-corrected chi connectivity index (χ3v) is 2.28. The maximum absolute atomic E-state index is 5.93. The predicted octanol–water partition coefficient (Wildman–Crippen LogP) is 4.02. The molecule has 0 aliphatic carbocycles. The topological polar surface area (TPSA) is 0 Å². The zero-order valence-electron chi connectivity index (χ0n) is 6.43. The molecule has 1 aromatic carbocycles. The van der Waals surface area contributed by atoms with Crippen molar-refractivity contribution < 1.29 is 0 Å². The predicted molar refractivity (Wildman–Crippen MR) is 55.3 cm³/mol. The van der Waals surface area contributed by atoms with Crippen molar-refractivity contribution in [2.75, 3.05) is 0 Å². The van der Waals surface area contributed by atoms with E-state index in [1.807, 2.05) is 30.3 Å². The minimum absolute atomic E-state index is 0.475. The van der Waals surface area contributed by atoms with Gasteiger partial charge in [0, 0.05) is 0 Å². The van der Waals surface area contributed by atoms with Crippen molar-refractivity contribution in [3.63, 3.8) is 0 Å². The molecule has 0 nitrogen and oxygen atoms in total. The molecule has 0 heterocycles. The summed E-state index contributed by atoms with van der Waals surface area (Å²) in [6.07, 6.45) is 1.52. The zero-order chi connectivity index (χ0) is 8.97. The number of halogens is 2. The monoisotopic (exact) mass is 198 g/mol. The maximum Gasteiger partial charge on any atom is 0.0664 e. The second kappa shape index (κ2) is 4.34. The van der Waals surface area contributed by atoms with Crippen LogP contribution in [0.4, 0.5) is 0 Å². The molecular formula is C10H8Cl2. The molecule has 0 aliphatic heterocycles. The van der Waals surface area contributed by atoms with Gasteiger partial charge in [-0.05, 0) is 11.6 Å². The van der Waals surface area contributed by atoms with Crippen molar-refractivity contribution >= 4 is 28.2 Å². The lowest BCUT2D eigenvalue weighted by Gasteiger charge is -1.98. The Balaban J connectivity index is 3.08. The highest BCUT2D eigenvalue weighted by Gasteiger charge is 1.99. The third-order valence-electron chi connectivity index (χ3n) is 1.42. The van der Waals surface area contributed by atoms with E-state index in [9.17, 15) is 0 Å². The van der Waals surface area contributed by atoms with Crippen LogP contribution in [0.1, 0.15) is 5.56 Å². The van der Waals surface area contributed by atoms with E-state index in [0.717, 1.165) is 5.56 Å². The van der Waals surface area contributed by atoms with Crippen LogP contribution in [-0.4, -0.2) is 0 Å². The smallest absolute Gasteiger partial charge is 0.0664 e. The van der Waals surface area contributed by atoms with Crippen molar-refractivity contribution in [2.24, 2.45) is 0 Å². The molecule has 0 amide bonds. The highest BCUT2D eigenvalue weighted by molar-refractivity contribution is 6.55. The van der Waals surface area contributed by atoms with Gasteiger partial charge in [0.05, 0.1) is 10.1 Å². The Labute approximate surface area is 82.1 Å². The van der Waals surface area contributed by atoms with Gasteiger partial charge in [-0.1, -0.05) is 60.1 Å². The van der Waals surface area contributed by atoms with E-state index in [0.29, 0.717) is 10.1 Å². The number of allylic oxidation sites excluding steroid dienone is 2. The molecule has 0 atom stereocenters. The van der Waals surface area contributed by atoms with Crippen molar-refractivity contribution in [1.82, 2.24) is 0 Å². The van der Waals surface area contributed by atoms with E-state index >= 15 is 0 Å². The van der Waals surface area contributed by atoms with Crippen molar-refractivity contribution in [3.8, 4) is 0 Å². The molecule has 0 N–H and O–H groups in total. The largest absolute Gasteiger partial charge is 0.0975 e. The minimum atomic E-state index is 0.475. The Hall–Kier alpha value is -0.720. The fourth-order valence-electron chi connectivity index (χ4n) is 0.812. The molecule has 1 rings (SSSR count). The highest BCUT2D eigenvalue weighted by Crippen LogP contribution is 2.25. The van der Waals surface area contributed by atoms with Gasteiger partial charge in [0.1, 0.15) is 0 Å². The van der Waals surface area contributed by atoms with Gasteiger partial charge in [-0.3, -0.25) is 0 Å². The molecule has 0 spiro atoms. The molecule has 0 saturated heterocycles. The summed E-state index contributed by atoms with van der Waals surface area (Å²) in [6, 6.07) is 9.54. The molecule has 0 fully saturated rings. The second-order valence-electron chi connectivity index (χ2n) is 2.23. The first-order valence-electron chi connectivity index (χ1n) is 3.49. The van der Waals surface area contributed by atoms with Crippen molar-refractivity contribution in [2.45, 2.75) is 0 Å². The average molecular weight is 199 g/mol. The van der Waals surface area contributed by atoms with Crippen LogP contribution < -0.4 is 0 Å². The Kier molecular flexibility index (Phi) is 3.39. The van der Waals surface area contributed by atoms with Crippen molar-refractivity contribution in [1.29, 1.82) is 0 Å². The standard InChI is InChI=1S/C10H8Cl2/c1-2-9(11)10(12)8-6-4-3-5-7-8/h2-7H,1H2. The van der Waals surface area contributed by atoms with Gasteiger partial charge in [-0.25, -0.2) is 0 Å². The molecule has 0 saturated carbocycles. The van der Waals surface area contributed by atoms with Gasteiger partial charge in [0.15, 0.2) is 0 Å². The Morgan fingerprint density at radius 2 is 1.75 bits per heavy atom. The van der Waals surface area contributed by atoms with Gasteiger partial charge >= 0.3 is 0 Å². The summed E-state index contributed by atoms with van der Waals surface area (Å²) in [4.78, 5) is 0. The fourth-order valence-corrected chi connectivity index (χ4v) is 1.12. The number of benzene rings is 1. The summed E-state index contributed by atoms with van der Waals surface area (Å²) in [7, 11) is 0. The minimum Gasteiger partial charge on any atom is -0.0975 e. The van der Waals surface area contributed by atoms with Crippen LogP contribution in [0.25, 0.3) is 5.03 Å². The average Bonchev–Trinajstić information content (AvgIpc) is 2.17. The van der Waals surface area contributed by atoms with Crippen LogP contribution >= 0.6 is 23.2 Å². The van der Waals surface area contributed by atoms with Crippen molar-refractivity contribution in [3.05, 3.63) is 53.6 Å². The van der Waals surface area contributed by atoms with Crippen LogP contribution in [-0.2, 0) is 0 Å². The van der Waals surface area contributed by atoms with Crippen LogP contribution in [0.15, 0.2) is 48.0 Å². The molecular weight excluding hydrogens is 191 g/mol. The first-order chi connectivity index (χ1) is 5.75. The molecule has 2 heteroatoms. The number of rotatable bonds is 2. The van der Waals surface area contributed by atoms with E-state index in [-0.39, 0.29) is 0 Å². The van der Waals surface area contributed by atoms with E-state index in [1.165, 1.54) is 6.08 Å². The Bertz CT molecular complexity index is 299. The highest BCUT2D eigenvalue weighted by atomic mass is 35.5. The lowest BCUT2D eigenvalue weighted by Crippen LogP contribution is -1.76. The van der Waals surface area contributed by atoms with Crippen LogP contribution in [0.3, 0.4) is 0 Å². The Morgan fingerprint density at radius 1 is 1.17 bits per heavy atom. The van der Waals surface area contributed by atoms with Crippen LogP contribution in [0.5, 0.6) is 0 Å². The van der Waals surface area contributed by atoms with E-state index in [2.05, 4.69) is 6.58 Å². The van der Waals surface area contributed by atoms with Gasteiger partial charge in [0.25, 0.3) is 0 Å². The molecule has 12 heavy (non-hydrogen) atoms. The summed E-state index contributed by atoms with van der Waals surface area (Å²) < 4.78 is 0. The van der Waals surface area contributed by atoms with Crippen LogP contribution in [0, 0.1) is 0 Å². The van der Waals surface area contributed by atoms with Gasteiger partial charge in [0.2, 0.25) is 0 Å². The summed E-state index contributed by atoms with van der Waals surface area (Å²) >= 11 is 11.7. The molecule has 0 radical (unpaired) electrons. The number of hydrogen-bond acceptors (Lipinski definition) is 0. The SMILES string of the molecule is C=CC(Cl)=C(Cl)c1ccccc1. The molecule has 0 aromatic heterocycles. The first kappa shape index (κ1) is 9.37. The summed E-state index contributed by atoms with van der Waals surface area (Å²) in [6.45, 7) is 3.53. The molecule has 0 bridgehead atoms. The lowest BCUT2D eigenvalue weighted by atomic mass is 10.2. The Morgan fingerprint density at radius 3 is 2.25 bits per heavy atom. The van der Waals surface area contributed by atoms with E-state index < -0.39 is 0 Å². The third kappa shape index (κ3) is 2.13. The first-order valence-corrected chi connectivity index (χ1v) is 4.24. The van der Waals surface area contributed by atoms with Gasteiger partial charge < -0.3 is 0 Å². The summed E-state index contributed by atoms with van der Waals surface area (Å²) in [5.41, 5.74) is 0.907. The molecule has 0 aliphatic rings. The quantitative estimate of drug-likeness (QED) is 0.631. The maximum atomic E-state index is 5.93. The zero-order valence-corrected chi connectivity index (χ0v) is 7.94. The molecule has 62 valence electrons.